The lowest BCUT2D eigenvalue weighted by atomic mass is 9.95. The summed E-state index contributed by atoms with van der Waals surface area (Å²) in [6, 6.07) is 7.55. The second-order valence-electron chi connectivity index (χ2n) is 6.80. The molecule has 1 aliphatic heterocycles. The summed E-state index contributed by atoms with van der Waals surface area (Å²) in [6.07, 6.45) is -0.0958. The molecule has 0 amide bonds. The minimum absolute atomic E-state index is 0. The molecule has 1 unspecified atom stereocenters. The average Bonchev–Trinajstić information content (AvgIpc) is 2.91. The van der Waals surface area contributed by atoms with E-state index in [0.29, 0.717) is 5.56 Å². The summed E-state index contributed by atoms with van der Waals surface area (Å²) in [7, 11) is -3.37. The maximum absolute atomic E-state index is 15.0. The lowest BCUT2D eigenvalue weighted by Gasteiger charge is -2.25. The molecule has 1 heterocycles. The zero-order valence-corrected chi connectivity index (χ0v) is 17.2. The Morgan fingerprint density at radius 2 is 1.93 bits per heavy atom. The first kappa shape index (κ1) is 23.6. The Morgan fingerprint density at radius 3 is 2.59 bits per heavy atom. The highest BCUT2D eigenvalue weighted by atomic mass is 35.5. The Morgan fingerprint density at radius 1 is 1.24 bits per heavy atom. The highest BCUT2D eigenvalue weighted by Gasteiger charge is 2.51. The molecular weight excluding hydrogens is 430 g/mol. The molecule has 160 valence electrons. The molecule has 10 heteroatoms. The quantitative estimate of drug-likeness (QED) is 0.578. The smallest absolute Gasteiger partial charge is 0.277 e. The summed E-state index contributed by atoms with van der Waals surface area (Å²) in [5.74, 6) is -4.46. The van der Waals surface area contributed by atoms with E-state index in [0.717, 1.165) is 0 Å². The van der Waals surface area contributed by atoms with Crippen LogP contribution in [0.15, 0.2) is 42.5 Å². The molecule has 3 N–H and O–H groups in total. The van der Waals surface area contributed by atoms with Gasteiger partial charge in [-0.2, -0.15) is 0 Å². The van der Waals surface area contributed by atoms with Gasteiger partial charge in [0.2, 0.25) is 0 Å². The summed E-state index contributed by atoms with van der Waals surface area (Å²) in [4.78, 5) is 0. The fraction of sp³-hybridized carbons (Fsp3) is 0.368. The van der Waals surface area contributed by atoms with Crippen LogP contribution in [-0.4, -0.2) is 34.5 Å². The number of alkyl halides is 2. The summed E-state index contributed by atoms with van der Waals surface area (Å²) >= 11 is 0. The zero-order chi connectivity index (χ0) is 20.5. The molecule has 1 saturated heterocycles. The molecule has 3 rings (SSSR count). The van der Waals surface area contributed by atoms with Crippen LogP contribution in [0, 0.1) is 16.4 Å². The predicted octanol–water partition coefficient (Wildman–Crippen LogP) is 4.14. The van der Waals surface area contributed by atoms with Gasteiger partial charge in [0.1, 0.15) is 27.6 Å². The molecule has 2 aromatic carbocycles. The monoisotopic (exact) mass is 451 g/mol. The molecular formula is C19H22ClF4N3OS. The normalized spacial score (nSPS) is 22.7. The predicted molar refractivity (Wildman–Crippen MR) is 108 cm³/mol. The third kappa shape index (κ3) is 5.28. The Balaban J connectivity index is 0.00000300. The summed E-state index contributed by atoms with van der Waals surface area (Å²) in [5.41, 5.74) is 0.694. The summed E-state index contributed by atoms with van der Waals surface area (Å²) in [5, 5.41) is 2.64. The van der Waals surface area contributed by atoms with E-state index in [-0.39, 0.29) is 35.7 Å². The standard InChI is InChI=1S/C19H21F4N3OS.ClH/c1-2-28(24,27)26-18-16(25-11-19(18,22)23)10-13-6-4-8-15(17(13)21)12-5-3-7-14(20)9-12;/h3-9,16,18,25H,2,10-11H2,1H3,(H2,24,26,27);1H/t16-,18+,28?;/m0./s1. The van der Waals surface area contributed by atoms with Gasteiger partial charge < -0.3 is 5.32 Å². The van der Waals surface area contributed by atoms with Crippen LogP contribution in [0.1, 0.15) is 12.5 Å². The molecule has 0 aliphatic carbocycles. The molecule has 4 nitrogen and oxygen atoms in total. The molecule has 3 atom stereocenters. The van der Waals surface area contributed by atoms with Crippen LogP contribution >= 0.6 is 12.4 Å². The van der Waals surface area contributed by atoms with Gasteiger partial charge in [0.05, 0.1) is 6.54 Å². The van der Waals surface area contributed by atoms with Crippen LogP contribution in [0.25, 0.3) is 11.1 Å². The molecule has 1 aliphatic rings. The van der Waals surface area contributed by atoms with Crippen LogP contribution < -0.4 is 10.0 Å². The summed E-state index contributed by atoms with van der Waals surface area (Å²) in [6.45, 7) is 0.819. The number of hydrogen-bond donors (Lipinski definition) is 3. The number of rotatable bonds is 6. The van der Waals surface area contributed by atoms with Gasteiger partial charge in [0.15, 0.2) is 0 Å². The highest BCUT2D eigenvalue weighted by Crippen LogP contribution is 2.31. The van der Waals surface area contributed by atoms with Crippen molar-refractivity contribution >= 4 is 22.3 Å². The van der Waals surface area contributed by atoms with Crippen molar-refractivity contribution in [3.8, 4) is 11.1 Å². The van der Waals surface area contributed by atoms with Crippen molar-refractivity contribution in [2.75, 3.05) is 12.3 Å². The minimum atomic E-state index is -3.37. The average molecular weight is 452 g/mol. The molecule has 0 spiro atoms. The van der Waals surface area contributed by atoms with Gasteiger partial charge in [-0.1, -0.05) is 37.3 Å². The van der Waals surface area contributed by atoms with Gasteiger partial charge in [-0.25, -0.2) is 31.3 Å². The summed E-state index contributed by atoms with van der Waals surface area (Å²) < 4.78 is 78.9. The molecule has 1 fully saturated rings. The van der Waals surface area contributed by atoms with Gasteiger partial charge in [0, 0.05) is 17.4 Å². The van der Waals surface area contributed by atoms with E-state index < -0.39 is 46.1 Å². The van der Waals surface area contributed by atoms with E-state index in [4.69, 9.17) is 4.78 Å². The first-order valence-corrected chi connectivity index (χ1v) is 10.5. The SMILES string of the molecule is CCS(=N)(=O)N[C@@H]1[C@H](Cc2cccc(-c3cccc(F)c3)c2F)NCC1(F)F.Cl. The third-order valence-corrected chi connectivity index (χ3v) is 6.28. The second-order valence-corrected chi connectivity index (χ2v) is 8.96. The lowest BCUT2D eigenvalue weighted by molar-refractivity contribution is -0.000626. The van der Waals surface area contributed by atoms with Crippen molar-refractivity contribution in [2.45, 2.75) is 31.4 Å². The van der Waals surface area contributed by atoms with Gasteiger partial charge in [-0.05, 0) is 29.7 Å². The van der Waals surface area contributed by atoms with Crippen LogP contribution in [0.3, 0.4) is 0 Å². The first-order chi connectivity index (χ1) is 13.1. The van der Waals surface area contributed by atoms with Crippen molar-refractivity contribution in [1.29, 1.82) is 4.78 Å². The van der Waals surface area contributed by atoms with E-state index in [9.17, 15) is 17.4 Å². The maximum atomic E-state index is 15.0. The van der Waals surface area contributed by atoms with Gasteiger partial charge in [-0.3, -0.25) is 0 Å². The van der Waals surface area contributed by atoms with E-state index >= 15 is 4.39 Å². The Labute approximate surface area is 173 Å². The van der Waals surface area contributed by atoms with E-state index in [1.807, 2.05) is 0 Å². The van der Waals surface area contributed by atoms with Crippen molar-refractivity contribution < 1.29 is 21.8 Å². The molecule has 2 aromatic rings. The minimum Gasteiger partial charge on any atom is -0.306 e. The molecule has 0 bridgehead atoms. The fourth-order valence-electron chi connectivity index (χ4n) is 3.29. The molecule has 0 aromatic heterocycles. The lowest BCUT2D eigenvalue weighted by Crippen LogP contribution is -2.51. The maximum Gasteiger partial charge on any atom is 0.277 e. The van der Waals surface area contributed by atoms with Gasteiger partial charge >= 0.3 is 0 Å². The molecule has 29 heavy (non-hydrogen) atoms. The Hall–Kier alpha value is -1.68. The first-order valence-electron chi connectivity index (χ1n) is 8.81. The third-order valence-electron chi connectivity index (χ3n) is 4.84. The van der Waals surface area contributed by atoms with E-state index in [1.54, 1.807) is 12.1 Å². The van der Waals surface area contributed by atoms with Gasteiger partial charge in [0.25, 0.3) is 5.92 Å². The number of halogens is 5. The van der Waals surface area contributed by atoms with Crippen molar-refractivity contribution in [1.82, 2.24) is 10.0 Å². The Bertz CT molecular complexity index is 972. The van der Waals surface area contributed by atoms with Crippen molar-refractivity contribution in [3.05, 3.63) is 59.7 Å². The Kier molecular flexibility index (Phi) is 7.32. The van der Waals surface area contributed by atoms with Crippen LogP contribution in [-0.2, 0) is 16.3 Å². The highest BCUT2D eigenvalue weighted by molar-refractivity contribution is 7.90. The van der Waals surface area contributed by atoms with Crippen LogP contribution in [0.2, 0.25) is 0 Å². The molecule has 0 radical (unpaired) electrons. The number of nitrogens with one attached hydrogen (secondary N) is 3. The largest absolute Gasteiger partial charge is 0.306 e. The van der Waals surface area contributed by atoms with Crippen molar-refractivity contribution in [3.63, 3.8) is 0 Å². The van der Waals surface area contributed by atoms with Crippen LogP contribution in [0.4, 0.5) is 17.6 Å². The van der Waals surface area contributed by atoms with E-state index in [1.165, 1.54) is 37.3 Å². The van der Waals surface area contributed by atoms with E-state index in [2.05, 4.69) is 10.0 Å². The van der Waals surface area contributed by atoms with Crippen LogP contribution in [0.5, 0.6) is 0 Å². The fourth-order valence-corrected chi connectivity index (χ4v) is 4.20. The second kappa shape index (κ2) is 8.99. The number of hydrogen-bond acceptors (Lipinski definition) is 3. The van der Waals surface area contributed by atoms with Gasteiger partial charge in [-0.15, -0.1) is 12.4 Å². The topological polar surface area (TPSA) is 65.0 Å². The molecule has 0 saturated carbocycles. The van der Waals surface area contributed by atoms with Crippen molar-refractivity contribution in [2.24, 2.45) is 0 Å². The zero-order valence-electron chi connectivity index (χ0n) is 15.6. The number of benzene rings is 2.